The molecule has 1 aromatic carbocycles. The number of pyridine rings is 1. The average molecular weight is 262 g/mol. The Bertz CT molecular complexity index is 853. The molecule has 0 aliphatic heterocycles. The summed E-state index contributed by atoms with van der Waals surface area (Å²) in [6.45, 7) is 4.13. The summed E-state index contributed by atoms with van der Waals surface area (Å²) < 4.78 is 1.87. The first kappa shape index (κ1) is 12.2. The number of benzene rings is 1. The maximum Gasteiger partial charge on any atom is 0.166 e. The molecular formula is C16H14N4. The Morgan fingerprint density at radius 2 is 1.95 bits per heavy atom. The number of aryl methyl sites for hydroxylation is 2. The number of anilines is 1. The minimum absolute atomic E-state index is 0.415. The van der Waals surface area contributed by atoms with Crippen molar-refractivity contribution in [3.63, 3.8) is 0 Å². The number of rotatable bonds is 1. The van der Waals surface area contributed by atoms with Crippen molar-refractivity contribution in [2.75, 3.05) is 5.73 Å². The maximum absolute atomic E-state index is 9.21. The van der Waals surface area contributed by atoms with Gasteiger partial charge in [0.2, 0.25) is 0 Å². The van der Waals surface area contributed by atoms with E-state index in [2.05, 4.69) is 37.0 Å². The van der Waals surface area contributed by atoms with E-state index in [1.54, 1.807) is 12.3 Å². The third kappa shape index (κ3) is 1.81. The summed E-state index contributed by atoms with van der Waals surface area (Å²) in [5.74, 6) is 0.743. The maximum atomic E-state index is 9.21. The second-order valence-corrected chi connectivity index (χ2v) is 4.91. The van der Waals surface area contributed by atoms with Gasteiger partial charge in [0, 0.05) is 17.4 Å². The van der Waals surface area contributed by atoms with Crippen LogP contribution in [0.5, 0.6) is 0 Å². The number of fused-ring (bicyclic) bond motifs is 1. The van der Waals surface area contributed by atoms with Crippen LogP contribution >= 0.6 is 0 Å². The molecule has 2 heterocycles. The Labute approximate surface area is 117 Å². The monoisotopic (exact) mass is 262 g/mol. The van der Waals surface area contributed by atoms with Crippen molar-refractivity contribution >= 4 is 11.2 Å². The molecule has 4 nitrogen and oxygen atoms in total. The lowest BCUT2D eigenvalue weighted by atomic mass is 10.1. The van der Waals surface area contributed by atoms with E-state index in [0.29, 0.717) is 11.4 Å². The zero-order valence-corrected chi connectivity index (χ0v) is 11.4. The van der Waals surface area contributed by atoms with Crippen LogP contribution in [0.1, 0.15) is 16.8 Å². The molecule has 0 unspecified atom stereocenters. The van der Waals surface area contributed by atoms with Crippen LogP contribution in [-0.4, -0.2) is 9.38 Å². The molecule has 0 amide bonds. The third-order valence-corrected chi connectivity index (χ3v) is 3.53. The predicted molar refractivity (Wildman–Crippen MR) is 79.2 cm³/mol. The van der Waals surface area contributed by atoms with E-state index in [4.69, 9.17) is 5.73 Å². The van der Waals surface area contributed by atoms with E-state index >= 15 is 0 Å². The summed E-state index contributed by atoms with van der Waals surface area (Å²) in [5.41, 5.74) is 11.1. The van der Waals surface area contributed by atoms with Crippen molar-refractivity contribution in [1.29, 1.82) is 5.26 Å². The molecule has 20 heavy (non-hydrogen) atoms. The van der Waals surface area contributed by atoms with Crippen LogP contribution in [0.2, 0.25) is 0 Å². The number of hydrogen-bond donors (Lipinski definition) is 1. The highest BCUT2D eigenvalue weighted by Crippen LogP contribution is 2.25. The minimum Gasteiger partial charge on any atom is -0.398 e. The Morgan fingerprint density at radius 1 is 1.15 bits per heavy atom. The zero-order chi connectivity index (χ0) is 14.3. The highest BCUT2D eigenvalue weighted by molar-refractivity contribution is 5.70. The van der Waals surface area contributed by atoms with E-state index in [1.807, 2.05) is 16.5 Å². The second kappa shape index (κ2) is 4.39. The minimum atomic E-state index is 0.415. The van der Waals surface area contributed by atoms with Crippen molar-refractivity contribution in [2.45, 2.75) is 13.8 Å². The molecule has 0 saturated carbocycles. The lowest BCUT2D eigenvalue weighted by Gasteiger charge is -2.05. The van der Waals surface area contributed by atoms with Crippen LogP contribution < -0.4 is 5.73 Å². The summed E-state index contributed by atoms with van der Waals surface area (Å²) in [6.07, 6.45) is 1.80. The lowest BCUT2D eigenvalue weighted by Crippen LogP contribution is -1.93. The summed E-state index contributed by atoms with van der Waals surface area (Å²) in [4.78, 5) is 4.44. The first-order chi connectivity index (χ1) is 9.60. The lowest BCUT2D eigenvalue weighted by molar-refractivity contribution is 1.16. The van der Waals surface area contributed by atoms with Crippen LogP contribution in [0.3, 0.4) is 0 Å². The molecule has 0 bridgehead atoms. The molecule has 0 aliphatic carbocycles. The van der Waals surface area contributed by atoms with Crippen molar-refractivity contribution < 1.29 is 0 Å². The molecule has 98 valence electrons. The third-order valence-electron chi connectivity index (χ3n) is 3.53. The molecule has 3 aromatic rings. The van der Waals surface area contributed by atoms with Crippen molar-refractivity contribution in [3.8, 4) is 17.5 Å². The van der Waals surface area contributed by atoms with E-state index in [1.165, 1.54) is 11.1 Å². The smallest absolute Gasteiger partial charge is 0.166 e. The van der Waals surface area contributed by atoms with Crippen LogP contribution in [-0.2, 0) is 0 Å². The molecule has 2 N–H and O–H groups in total. The largest absolute Gasteiger partial charge is 0.398 e. The Hall–Kier alpha value is -2.80. The summed E-state index contributed by atoms with van der Waals surface area (Å²) >= 11 is 0. The van der Waals surface area contributed by atoms with Crippen molar-refractivity contribution in [3.05, 3.63) is 53.3 Å². The molecular weight excluding hydrogens is 248 g/mol. The molecule has 0 radical (unpaired) electrons. The van der Waals surface area contributed by atoms with Crippen molar-refractivity contribution in [1.82, 2.24) is 9.38 Å². The van der Waals surface area contributed by atoms with E-state index in [0.717, 1.165) is 16.9 Å². The fraction of sp³-hybridized carbons (Fsp3) is 0.125. The molecule has 0 saturated heterocycles. The van der Waals surface area contributed by atoms with Gasteiger partial charge in [-0.2, -0.15) is 5.26 Å². The van der Waals surface area contributed by atoms with Crippen LogP contribution in [0.4, 0.5) is 5.69 Å². The number of nitrogen functional groups attached to an aromatic ring is 1. The number of aromatic nitrogens is 2. The highest BCUT2D eigenvalue weighted by atomic mass is 15.0. The van der Waals surface area contributed by atoms with Gasteiger partial charge in [-0.1, -0.05) is 12.1 Å². The Morgan fingerprint density at radius 3 is 2.65 bits per heavy atom. The predicted octanol–water partition coefficient (Wildman–Crippen LogP) is 3.07. The standard InChI is InChI=1S/C16H14N4/c1-10-3-4-12(7-11(10)2)16-19-14(8-17)15-6-5-13(18)9-20(15)16/h3-7,9H,18H2,1-2H3. The van der Waals surface area contributed by atoms with Gasteiger partial charge in [0.1, 0.15) is 11.9 Å². The van der Waals surface area contributed by atoms with Crippen LogP contribution in [0.15, 0.2) is 36.5 Å². The summed E-state index contributed by atoms with van der Waals surface area (Å²) in [5, 5.41) is 9.21. The number of imidazole rings is 1. The van der Waals surface area contributed by atoms with Gasteiger partial charge in [-0.05, 0) is 43.2 Å². The first-order valence-electron chi connectivity index (χ1n) is 6.35. The molecule has 3 rings (SSSR count). The molecule has 2 aromatic heterocycles. The number of nitriles is 1. The Balaban J connectivity index is 2.33. The van der Waals surface area contributed by atoms with Gasteiger partial charge in [-0.15, -0.1) is 0 Å². The van der Waals surface area contributed by atoms with E-state index in [9.17, 15) is 5.26 Å². The van der Waals surface area contributed by atoms with Crippen LogP contribution in [0, 0.1) is 25.2 Å². The second-order valence-electron chi connectivity index (χ2n) is 4.91. The molecule has 0 atom stereocenters. The highest BCUT2D eigenvalue weighted by Gasteiger charge is 2.13. The van der Waals surface area contributed by atoms with Crippen molar-refractivity contribution in [2.24, 2.45) is 0 Å². The van der Waals surface area contributed by atoms with E-state index in [-0.39, 0.29) is 0 Å². The quantitative estimate of drug-likeness (QED) is 0.732. The SMILES string of the molecule is Cc1ccc(-c2nc(C#N)c3ccc(N)cn23)cc1C. The number of hydrogen-bond acceptors (Lipinski definition) is 3. The van der Waals surface area contributed by atoms with Gasteiger partial charge < -0.3 is 5.73 Å². The summed E-state index contributed by atoms with van der Waals surface area (Å²) in [7, 11) is 0. The first-order valence-corrected chi connectivity index (χ1v) is 6.35. The molecule has 0 aliphatic rings. The number of nitrogens with two attached hydrogens (primary N) is 1. The Kier molecular flexibility index (Phi) is 2.69. The molecule has 0 spiro atoms. The average Bonchev–Trinajstić information content (AvgIpc) is 2.79. The number of nitrogens with zero attached hydrogens (tertiary/aromatic N) is 3. The van der Waals surface area contributed by atoms with Gasteiger partial charge in [0.25, 0.3) is 0 Å². The van der Waals surface area contributed by atoms with Gasteiger partial charge in [-0.25, -0.2) is 4.98 Å². The molecule has 4 heteroatoms. The van der Waals surface area contributed by atoms with Gasteiger partial charge in [0.05, 0.1) is 5.52 Å². The molecule has 0 fully saturated rings. The zero-order valence-electron chi connectivity index (χ0n) is 11.4. The van der Waals surface area contributed by atoms with Gasteiger partial charge >= 0.3 is 0 Å². The fourth-order valence-corrected chi connectivity index (χ4v) is 2.27. The van der Waals surface area contributed by atoms with E-state index < -0.39 is 0 Å². The van der Waals surface area contributed by atoms with Gasteiger partial charge in [0.15, 0.2) is 5.69 Å². The topological polar surface area (TPSA) is 67.1 Å². The summed E-state index contributed by atoms with van der Waals surface area (Å²) in [6, 6.07) is 11.9. The van der Waals surface area contributed by atoms with Gasteiger partial charge in [-0.3, -0.25) is 4.40 Å². The van der Waals surface area contributed by atoms with Crippen LogP contribution in [0.25, 0.3) is 16.9 Å². The normalized spacial score (nSPS) is 10.7. The fourth-order valence-electron chi connectivity index (χ4n) is 2.27.